The summed E-state index contributed by atoms with van der Waals surface area (Å²) in [7, 11) is 1.79. The van der Waals surface area contributed by atoms with Gasteiger partial charge in [-0.1, -0.05) is 17.3 Å². The smallest absolute Gasteiger partial charge is 0.113 e. The van der Waals surface area contributed by atoms with Crippen LogP contribution in [0.15, 0.2) is 24.2 Å². The molecule has 1 aromatic heterocycles. The largest absolute Gasteiger partial charge is 0.248 e. The van der Waals surface area contributed by atoms with Crippen LogP contribution in [0.1, 0.15) is 1.37 Å². The number of aryl methyl sites for hydroxylation is 1. The number of nitrogens with zero attached hydrogens (tertiary/aromatic N) is 3. The van der Waals surface area contributed by atoms with Crippen molar-refractivity contribution >= 4 is 11.0 Å². The zero-order chi connectivity index (χ0) is 7.84. The predicted molar refractivity (Wildman–Crippen MR) is 38.5 cm³/mol. The number of hydrogen-bond donors (Lipinski definition) is 0. The minimum absolute atomic E-state index is 0.468. The summed E-state index contributed by atoms with van der Waals surface area (Å²) in [6, 6.07) is 5.85. The van der Waals surface area contributed by atoms with Crippen LogP contribution in [-0.2, 0) is 7.05 Å². The molecule has 10 heavy (non-hydrogen) atoms. The van der Waals surface area contributed by atoms with Crippen LogP contribution in [0.5, 0.6) is 0 Å². The molecule has 0 N–H and O–H groups in total. The van der Waals surface area contributed by atoms with E-state index < -0.39 is 0 Å². The zero-order valence-electron chi connectivity index (χ0n) is 6.57. The summed E-state index contributed by atoms with van der Waals surface area (Å²) in [4.78, 5) is 0. The molecule has 0 aliphatic rings. The number of benzene rings is 1. The van der Waals surface area contributed by atoms with Gasteiger partial charge in [-0.05, 0) is 12.1 Å². The van der Waals surface area contributed by atoms with Crippen LogP contribution >= 0.6 is 0 Å². The molecule has 0 saturated carbocycles. The van der Waals surface area contributed by atoms with Crippen LogP contribution in [0, 0.1) is 0 Å². The van der Waals surface area contributed by atoms with Crippen molar-refractivity contribution in [2.45, 2.75) is 0 Å². The summed E-state index contributed by atoms with van der Waals surface area (Å²) >= 11 is 0. The Balaban J connectivity index is 2.96. The van der Waals surface area contributed by atoms with E-state index in [0.29, 0.717) is 6.04 Å². The average Bonchev–Trinajstić information content (AvgIpc) is 2.34. The number of hydrogen-bond acceptors (Lipinski definition) is 2. The van der Waals surface area contributed by atoms with Gasteiger partial charge in [0.2, 0.25) is 0 Å². The molecule has 3 nitrogen and oxygen atoms in total. The Morgan fingerprint density at radius 1 is 1.60 bits per heavy atom. The van der Waals surface area contributed by atoms with Crippen LogP contribution in [0.2, 0.25) is 0 Å². The first-order valence-corrected chi connectivity index (χ1v) is 3.04. The van der Waals surface area contributed by atoms with Crippen LogP contribution in [-0.4, -0.2) is 15.0 Å². The molecule has 0 atom stereocenters. The van der Waals surface area contributed by atoms with E-state index in [1.54, 1.807) is 23.9 Å². The van der Waals surface area contributed by atoms with Crippen molar-refractivity contribution in [2.24, 2.45) is 7.05 Å². The Bertz CT molecular complexity index is 393. The van der Waals surface area contributed by atoms with Gasteiger partial charge in [0.15, 0.2) is 0 Å². The summed E-state index contributed by atoms with van der Waals surface area (Å²) in [5, 5.41) is 7.68. The van der Waals surface area contributed by atoms with Gasteiger partial charge in [0, 0.05) is 7.05 Å². The second-order valence-electron chi connectivity index (χ2n) is 2.12. The molecule has 0 aliphatic carbocycles. The normalized spacial score (nSPS) is 11.9. The highest BCUT2D eigenvalue weighted by atomic mass is 15.4. The van der Waals surface area contributed by atoms with Crippen LogP contribution in [0.3, 0.4) is 0 Å². The maximum absolute atomic E-state index is 7.52. The van der Waals surface area contributed by atoms with Crippen molar-refractivity contribution in [3.8, 4) is 0 Å². The van der Waals surface area contributed by atoms with Crippen molar-refractivity contribution in [2.75, 3.05) is 0 Å². The maximum atomic E-state index is 7.52. The molecule has 0 unspecified atom stereocenters. The fourth-order valence-corrected chi connectivity index (χ4v) is 0.919. The average molecular weight is 134 g/mol. The highest BCUT2D eigenvalue weighted by molar-refractivity contribution is 5.73. The lowest BCUT2D eigenvalue weighted by molar-refractivity contribution is 0.736. The maximum Gasteiger partial charge on any atom is 0.113 e. The molecule has 0 amide bonds. The molecule has 3 heteroatoms. The van der Waals surface area contributed by atoms with Crippen molar-refractivity contribution in [1.29, 1.82) is 0 Å². The third kappa shape index (κ3) is 0.603. The molecule has 2 rings (SSSR count). The van der Waals surface area contributed by atoms with Gasteiger partial charge in [-0.3, -0.25) is 0 Å². The van der Waals surface area contributed by atoms with E-state index in [-0.39, 0.29) is 0 Å². The Hall–Kier alpha value is -1.38. The highest BCUT2D eigenvalue weighted by Crippen LogP contribution is 2.06. The first-order valence-electron chi connectivity index (χ1n) is 3.54. The fraction of sp³-hybridized carbons (Fsp3) is 0.143. The monoisotopic (exact) mass is 134 g/mol. The van der Waals surface area contributed by atoms with Crippen LogP contribution < -0.4 is 0 Å². The summed E-state index contributed by atoms with van der Waals surface area (Å²) in [5.41, 5.74) is 1.56. The lowest BCUT2D eigenvalue weighted by Gasteiger charge is -1.87. The first-order chi connectivity index (χ1) is 5.29. The van der Waals surface area contributed by atoms with E-state index in [0.717, 1.165) is 11.0 Å². The number of para-hydroxylation sites is 1. The molecule has 0 radical (unpaired) electrons. The number of rotatable bonds is 0. The lowest BCUT2D eigenvalue weighted by Crippen LogP contribution is -1.88. The molecule has 1 aromatic carbocycles. The van der Waals surface area contributed by atoms with E-state index >= 15 is 0 Å². The Kier molecular flexibility index (Phi) is 0.799. The molecule has 0 fully saturated rings. The fourth-order valence-electron chi connectivity index (χ4n) is 0.919. The minimum Gasteiger partial charge on any atom is -0.248 e. The molecule has 0 aliphatic heterocycles. The standard InChI is InChI=1S/C7H7N3/c1-10-7-5-3-2-4-6(7)8-9-10/h2-5H,1H3/i5D. The number of aromatic nitrogens is 3. The topological polar surface area (TPSA) is 30.7 Å². The molecular formula is C7H7N3. The summed E-state index contributed by atoms with van der Waals surface area (Å²) in [6.07, 6.45) is 0. The van der Waals surface area contributed by atoms with Gasteiger partial charge in [-0.2, -0.15) is 0 Å². The van der Waals surface area contributed by atoms with E-state index in [2.05, 4.69) is 10.3 Å². The van der Waals surface area contributed by atoms with Gasteiger partial charge in [0.25, 0.3) is 0 Å². The molecule has 1 heterocycles. The SMILES string of the molecule is [2H]c1cccc2nnn(C)c12. The van der Waals surface area contributed by atoms with Gasteiger partial charge in [0.1, 0.15) is 5.52 Å². The third-order valence-electron chi connectivity index (χ3n) is 1.42. The van der Waals surface area contributed by atoms with Gasteiger partial charge in [0.05, 0.1) is 6.89 Å². The Morgan fingerprint density at radius 2 is 2.50 bits per heavy atom. The van der Waals surface area contributed by atoms with Crippen molar-refractivity contribution < 1.29 is 1.37 Å². The molecular weight excluding hydrogens is 126 g/mol. The quantitative estimate of drug-likeness (QED) is 0.537. The second-order valence-corrected chi connectivity index (χ2v) is 2.12. The predicted octanol–water partition coefficient (Wildman–Crippen LogP) is 0.968. The van der Waals surface area contributed by atoms with E-state index in [9.17, 15) is 0 Å². The van der Waals surface area contributed by atoms with Crippen LogP contribution in [0.25, 0.3) is 11.0 Å². The molecule has 0 bridgehead atoms. The van der Waals surface area contributed by atoms with E-state index in [1.165, 1.54) is 0 Å². The zero-order valence-corrected chi connectivity index (χ0v) is 5.57. The van der Waals surface area contributed by atoms with E-state index in [4.69, 9.17) is 1.37 Å². The van der Waals surface area contributed by atoms with Crippen molar-refractivity contribution in [1.82, 2.24) is 15.0 Å². The van der Waals surface area contributed by atoms with Gasteiger partial charge in [-0.15, -0.1) is 5.10 Å². The second kappa shape index (κ2) is 1.80. The molecule has 2 aromatic rings. The third-order valence-corrected chi connectivity index (χ3v) is 1.42. The summed E-state index contributed by atoms with van der Waals surface area (Å²) in [6.45, 7) is 0. The van der Waals surface area contributed by atoms with Gasteiger partial charge < -0.3 is 0 Å². The highest BCUT2D eigenvalue weighted by Gasteiger charge is 1.95. The first kappa shape index (κ1) is 4.44. The van der Waals surface area contributed by atoms with Gasteiger partial charge in [-0.25, -0.2) is 4.68 Å². The lowest BCUT2D eigenvalue weighted by atomic mass is 10.3. The summed E-state index contributed by atoms with van der Waals surface area (Å²) < 4.78 is 9.13. The van der Waals surface area contributed by atoms with E-state index in [1.807, 2.05) is 6.07 Å². The summed E-state index contributed by atoms with van der Waals surface area (Å²) in [5.74, 6) is 0. The molecule has 0 spiro atoms. The Labute approximate surface area is 59.7 Å². The molecule has 0 saturated heterocycles. The van der Waals surface area contributed by atoms with Crippen molar-refractivity contribution in [3.05, 3.63) is 24.2 Å². The Morgan fingerprint density at radius 3 is 3.30 bits per heavy atom. The van der Waals surface area contributed by atoms with Crippen molar-refractivity contribution in [3.63, 3.8) is 0 Å². The molecule has 50 valence electrons. The minimum atomic E-state index is 0.468. The number of fused-ring (bicyclic) bond motifs is 1. The van der Waals surface area contributed by atoms with Crippen LogP contribution in [0.4, 0.5) is 0 Å². The van der Waals surface area contributed by atoms with Gasteiger partial charge >= 0.3 is 0 Å².